The summed E-state index contributed by atoms with van der Waals surface area (Å²) in [5.41, 5.74) is 4.52. The number of piperidine rings is 1. The Bertz CT molecular complexity index is 1620. The van der Waals surface area contributed by atoms with E-state index in [1.807, 2.05) is 17.0 Å². The van der Waals surface area contributed by atoms with Crippen LogP contribution >= 0.6 is 0 Å². The third kappa shape index (κ3) is 5.47. The molecular formula is C35H38F2N4O4. The molecule has 4 aliphatic heterocycles. The molecule has 7 rings (SSSR count). The van der Waals surface area contributed by atoms with E-state index in [2.05, 4.69) is 24.1 Å². The molecule has 2 aromatic carbocycles. The number of piperazine rings is 1. The summed E-state index contributed by atoms with van der Waals surface area (Å²) in [6.07, 6.45) is 5.03. The van der Waals surface area contributed by atoms with Crippen LogP contribution in [0.4, 0.5) is 8.78 Å². The summed E-state index contributed by atoms with van der Waals surface area (Å²) in [5.74, 6) is -2.71. The van der Waals surface area contributed by atoms with Gasteiger partial charge in [0.1, 0.15) is 17.7 Å². The number of hydrogen-bond acceptors (Lipinski definition) is 5. The van der Waals surface area contributed by atoms with E-state index in [9.17, 15) is 23.6 Å². The quantitative estimate of drug-likeness (QED) is 0.493. The van der Waals surface area contributed by atoms with E-state index in [4.69, 9.17) is 0 Å². The second-order valence-electron chi connectivity index (χ2n) is 14.1. The number of halogens is 2. The van der Waals surface area contributed by atoms with Gasteiger partial charge in [-0.3, -0.25) is 29.4 Å². The van der Waals surface area contributed by atoms with Gasteiger partial charge in [-0.1, -0.05) is 31.6 Å². The largest absolute Gasteiger partial charge is 0.330 e. The minimum Gasteiger partial charge on any atom is -0.330 e. The fourth-order valence-electron chi connectivity index (χ4n) is 8.08. The molecule has 0 aromatic heterocycles. The minimum atomic E-state index is -0.803. The normalized spacial score (nSPS) is 26.4. The van der Waals surface area contributed by atoms with Gasteiger partial charge < -0.3 is 9.80 Å². The number of amides is 4. The highest BCUT2D eigenvalue weighted by atomic mass is 19.1. The van der Waals surface area contributed by atoms with E-state index in [1.54, 1.807) is 0 Å². The van der Waals surface area contributed by atoms with Gasteiger partial charge in [-0.15, -0.1) is 0 Å². The second-order valence-corrected chi connectivity index (χ2v) is 14.1. The smallest absolute Gasteiger partial charge is 0.257 e. The molecule has 4 heterocycles. The molecule has 1 N–H and O–H groups in total. The summed E-state index contributed by atoms with van der Waals surface area (Å²) in [7, 11) is 0. The minimum absolute atomic E-state index is 0.0413. The Kier molecular flexibility index (Phi) is 7.38. The second kappa shape index (κ2) is 11.2. The number of benzene rings is 2. The van der Waals surface area contributed by atoms with Crippen molar-refractivity contribution >= 4 is 29.2 Å². The number of imide groups is 1. The molecule has 3 fully saturated rings. The van der Waals surface area contributed by atoms with Crippen LogP contribution in [0.15, 0.2) is 42.0 Å². The highest BCUT2D eigenvalue weighted by Crippen LogP contribution is 2.44. The molecule has 1 aliphatic carbocycles. The van der Waals surface area contributed by atoms with Gasteiger partial charge >= 0.3 is 0 Å². The Labute approximate surface area is 261 Å². The number of allylic oxidation sites excluding steroid dienone is 1. The predicted octanol–water partition coefficient (Wildman–Crippen LogP) is 4.68. The molecule has 3 atom stereocenters. The standard InChI is InChI=1S/C35H38F2N4O4/c1-35(2)12-11-21(28(15-35)20-3-5-23(36)6-4-20)16-39-18-24-7-8-25(19-39)41(24)34(45)27-13-22-17-40(33(44)26(22)14-29(27)37)30-9-10-31(42)38-32(30)43/h3-6,13-14,24-25,30H,7-12,15-19H2,1-2H3,(H,38,42,43). The van der Waals surface area contributed by atoms with Crippen LogP contribution in [0.5, 0.6) is 0 Å². The lowest BCUT2D eigenvalue weighted by Crippen LogP contribution is -2.56. The van der Waals surface area contributed by atoms with Crippen LogP contribution < -0.4 is 5.32 Å². The highest BCUT2D eigenvalue weighted by molar-refractivity contribution is 6.06. The first-order valence-electron chi connectivity index (χ1n) is 16.0. The highest BCUT2D eigenvalue weighted by Gasteiger charge is 2.45. The van der Waals surface area contributed by atoms with Crippen LogP contribution in [-0.2, 0) is 16.1 Å². The van der Waals surface area contributed by atoms with Gasteiger partial charge in [-0.2, -0.15) is 0 Å². The summed E-state index contributed by atoms with van der Waals surface area (Å²) in [4.78, 5) is 56.6. The van der Waals surface area contributed by atoms with Gasteiger partial charge in [0.15, 0.2) is 0 Å². The lowest BCUT2D eigenvalue weighted by atomic mass is 9.72. The summed E-state index contributed by atoms with van der Waals surface area (Å²) in [6, 6.07) is 8.50. The Balaban J connectivity index is 1.08. The van der Waals surface area contributed by atoms with E-state index < -0.39 is 23.7 Å². The molecule has 236 valence electrons. The molecule has 10 heteroatoms. The van der Waals surface area contributed by atoms with Crippen molar-refractivity contribution in [2.45, 2.75) is 83.5 Å². The van der Waals surface area contributed by atoms with Crippen molar-refractivity contribution in [2.75, 3.05) is 19.6 Å². The lowest BCUT2D eigenvalue weighted by molar-refractivity contribution is -0.136. The summed E-state index contributed by atoms with van der Waals surface area (Å²) < 4.78 is 29.2. The van der Waals surface area contributed by atoms with Gasteiger partial charge in [-0.25, -0.2) is 8.78 Å². The molecule has 4 amide bonds. The summed E-state index contributed by atoms with van der Waals surface area (Å²) in [5, 5.41) is 2.27. The maximum atomic E-state index is 15.5. The molecule has 2 bridgehead atoms. The molecule has 3 unspecified atom stereocenters. The fourth-order valence-corrected chi connectivity index (χ4v) is 8.08. The zero-order chi connectivity index (χ0) is 31.6. The molecule has 0 spiro atoms. The lowest BCUT2D eigenvalue weighted by Gasteiger charge is -2.43. The average Bonchev–Trinajstić information content (AvgIpc) is 3.45. The van der Waals surface area contributed by atoms with Crippen LogP contribution in [0.3, 0.4) is 0 Å². The number of likely N-dealkylation sites (tertiary alicyclic amines) is 1. The van der Waals surface area contributed by atoms with E-state index in [1.165, 1.54) is 34.2 Å². The monoisotopic (exact) mass is 616 g/mol. The van der Waals surface area contributed by atoms with Gasteiger partial charge in [0.05, 0.1) is 5.56 Å². The van der Waals surface area contributed by atoms with E-state index in [-0.39, 0.29) is 65.6 Å². The first kappa shape index (κ1) is 29.8. The van der Waals surface area contributed by atoms with Crippen molar-refractivity contribution in [2.24, 2.45) is 5.41 Å². The maximum absolute atomic E-state index is 15.5. The fraction of sp³-hybridized carbons (Fsp3) is 0.486. The number of nitrogens with one attached hydrogen (secondary N) is 1. The molecule has 2 aromatic rings. The Morgan fingerprint density at radius 2 is 1.69 bits per heavy atom. The first-order valence-corrected chi connectivity index (χ1v) is 16.0. The number of carbonyl (C=O) groups is 4. The average molecular weight is 617 g/mol. The zero-order valence-electron chi connectivity index (χ0n) is 25.7. The van der Waals surface area contributed by atoms with Crippen molar-refractivity contribution in [1.29, 1.82) is 0 Å². The van der Waals surface area contributed by atoms with Crippen molar-refractivity contribution in [3.63, 3.8) is 0 Å². The number of rotatable bonds is 5. The topological polar surface area (TPSA) is 90.0 Å². The molecule has 8 nitrogen and oxygen atoms in total. The molecular weight excluding hydrogens is 578 g/mol. The van der Waals surface area contributed by atoms with Gasteiger partial charge in [0.2, 0.25) is 11.8 Å². The molecule has 45 heavy (non-hydrogen) atoms. The molecule has 0 radical (unpaired) electrons. The Hall–Kier alpha value is -3.92. The Morgan fingerprint density at radius 1 is 0.978 bits per heavy atom. The third-order valence-corrected chi connectivity index (χ3v) is 10.4. The predicted molar refractivity (Wildman–Crippen MR) is 163 cm³/mol. The number of hydrogen-bond donors (Lipinski definition) is 1. The van der Waals surface area contributed by atoms with Crippen LogP contribution in [-0.4, -0.2) is 76.1 Å². The Morgan fingerprint density at radius 3 is 2.38 bits per heavy atom. The number of carbonyl (C=O) groups excluding carboxylic acids is 4. The van der Waals surface area contributed by atoms with Crippen LogP contribution in [0.25, 0.3) is 5.57 Å². The SMILES string of the molecule is CC1(C)CCC(CN2CC3CCC(C2)N3C(=O)c2cc3c(cc2F)C(=O)N(C2CCC(=O)NC2=O)C3)=C(c2ccc(F)cc2)C1. The number of fused-ring (bicyclic) bond motifs is 3. The van der Waals surface area contributed by atoms with Crippen LogP contribution in [0.2, 0.25) is 0 Å². The van der Waals surface area contributed by atoms with Crippen molar-refractivity contribution in [1.82, 2.24) is 20.0 Å². The van der Waals surface area contributed by atoms with E-state index in [0.29, 0.717) is 18.7 Å². The number of nitrogens with zero attached hydrogens (tertiary/aromatic N) is 3. The summed E-state index contributed by atoms with van der Waals surface area (Å²) >= 11 is 0. The molecule has 5 aliphatic rings. The van der Waals surface area contributed by atoms with Crippen molar-refractivity contribution in [3.05, 3.63) is 75.9 Å². The van der Waals surface area contributed by atoms with Crippen molar-refractivity contribution in [3.8, 4) is 0 Å². The molecule has 0 saturated carbocycles. The van der Waals surface area contributed by atoms with E-state index in [0.717, 1.165) is 50.3 Å². The molecule has 3 saturated heterocycles. The van der Waals surface area contributed by atoms with Gasteiger partial charge in [0, 0.05) is 50.2 Å². The van der Waals surface area contributed by atoms with E-state index >= 15 is 4.39 Å². The maximum Gasteiger partial charge on any atom is 0.257 e. The zero-order valence-corrected chi connectivity index (χ0v) is 25.7. The van der Waals surface area contributed by atoms with Crippen molar-refractivity contribution < 1.29 is 28.0 Å². The third-order valence-electron chi connectivity index (χ3n) is 10.4. The first-order chi connectivity index (χ1) is 21.5. The van der Waals surface area contributed by atoms with Crippen LogP contribution in [0.1, 0.15) is 90.6 Å². The van der Waals surface area contributed by atoms with Crippen LogP contribution in [0, 0.1) is 17.0 Å². The summed E-state index contributed by atoms with van der Waals surface area (Å²) in [6.45, 7) is 6.82. The van der Waals surface area contributed by atoms with Gasteiger partial charge in [0.25, 0.3) is 11.8 Å². The van der Waals surface area contributed by atoms with Gasteiger partial charge in [-0.05, 0) is 84.9 Å².